The van der Waals surface area contributed by atoms with Gasteiger partial charge in [-0.25, -0.2) is 17.5 Å². The summed E-state index contributed by atoms with van der Waals surface area (Å²) in [6.07, 6.45) is 5.92. The first-order chi connectivity index (χ1) is 16.7. The average molecular weight is 507 g/mol. The second-order valence-electron chi connectivity index (χ2n) is 8.61. The molecule has 1 N–H and O–H groups in total. The molecule has 7 nitrogen and oxygen atoms in total. The molecule has 0 saturated heterocycles. The molecule has 0 radical (unpaired) electrons. The summed E-state index contributed by atoms with van der Waals surface area (Å²) in [7, 11) is -3.97. The van der Waals surface area contributed by atoms with E-state index in [1.54, 1.807) is 6.07 Å². The number of nitrogens with one attached hydrogen (secondary N) is 1. The SMILES string of the molecule is C[C@H](CF)NS(=O)(=O)c1ccc(-c2c(C#N)c3ccc(OC(F)F)cc3n2C2CCCCC2)nc1. The highest BCUT2D eigenvalue weighted by molar-refractivity contribution is 7.89. The summed E-state index contributed by atoms with van der Waals surface area (Å²) in [6.45, 7) is -2.42. The van der Waals surface area contributed by atoms with Crippen LogP contribution in [0.1, 0.15) is 50.6 Å². The van der Waals surface area contributed by atoms with E-state index >= 15 is 0 Å². The Kier molecular flexibility index (Phi) is 7.33. The molecule has 1 aromatic carbocycles. The Balaban J connectivity index is 1.87. The third-order valence-corrected chi connectivity index (χ3v) is 7.70. The van der Waals surface area contributed by atoms with Gasteiger partial charge < -0.3 is 9.30 Å². The smallest absolute Gasteiger partial charge is 0.387 e. The number of benzene rings is 1. The number of nitriles is 1. The Labute approximate surface area is 201 Å². The quantitative estimate of drug-likeness (QED) is 0.446. The third-order valence-electron chi connectivity index (χ3n) is 6.13. The van der Waals surface area contributed by atoms with Crippen molar-refractivity contribution in [2.75, 3.05) is 6.67 Å². The number of sulfonamides is 1. The Bertz CT molecular complexity index is 1350. The maximum atomic E-state index is 12.9. The molecule has 0 unspecified atom stereocenters. The third kappa shape index (κ3) is 5.13. The average Bonchev–Trinajstić information content (AvgIpc) is 3.17. The van der Waals surface area contributed by atoms with Gasteiger partial charge in [-0.05, 0) is 44.0 Å². The van der Waals surface area contributed by atoms with Gasteiger partial charge in [0.1, 0.15) is 23.4 Å². The number of aromatic nitrogens is 2. The molecule has 0 amide bonds. The van der Waals surface area contributed by atoms with Crippen LogP contribution in [0.15, 0.2) is 41.4 Å². The van der Waals surface area contributed by atoms with Gasteiger partial charge in [-0.2, -0.15) is 14.0 Å². The molecule has 0 aliphatic heterocycles. The molecular weight excluding hydrogens is 481 g/mol. The summed E-state index contributed by atoms with van der Waals surface area (Å²) in [4.78, 5) is 4.21. The number of pyridine rings is 1. The maximum Gasteiger partial charge on any atom is 0.387 e. The van der Waals surface area contributed by atoms with Gasteiger partial charge in [-0.1, -0.05) is 19.3 Å². The molecule has 4 rings (SSSR count). The van der Waals surface area contributed by atoms with Crippen LogP contribution in [-0.4, -0.2) is 37.3 Å². The molecule has 1 saturated carbocycles. The summed E-state index contributed by atoms with van der Waals surface area (Å²) in [5.41, 5.74) is 1.77. The van der Waals surface area contributed by atoms with Crippen LogP contribution in [0.2, 0.25) is 0 Å². The topological polar surface area (TPSA) is 97.0 Å². The molecule has 2 heterocycles. The summed E-state index contributed by atoms with van der Waals surface area (Å²) in [5, 5.41) is 10.6. The number of rotatable bonds is 8. The van der Waals surface area contributed by atoms with Gasteiger partial charge in [0.05, 0.1) is 22.5 Å². The highest BCUT2D eigenvalue weighted by Crippen LogP contribution is 2.41. The monoisotopic (exact) mass is 506 g/mol. The molecule has 1 aliphatic rings. The van der Waals surface area contributed by atoms with E-state index in [-0.39, 0.29) is 16.7 Å². The lowest BCUT2D eigenvalue weighted by Crippen LogP contribution is -2.34. The second kappa shape index (κ2) is 10.3. The van der Waals surface area contributed by atoms with Crippen molar-refractivity contribution in [3.8, 4) is 23.2 Å². The number of nitrogens with zero attached hydrogens (tertiary/aromatic N) is 3. The molecule has 11 heteroatoms. The van der Waals surface area contributed by atoms with E-state index in [1.165, 1.54) is 31.2 Å². The first-order valence-electron chi connectivity index (χ1n) is 11.3. The van der Waals surface area contributed by atoms with Crippen LogP contribution in [-0.2, 0) is 10.0 Å². The van der Waals surface area contributed by atoms with Crippen LogP contribution in [0.4, 0.5) is 13.2 Å². The van der Waals surface area contributed by atoms with Gasteiger partial charge in [0.2, 0.25) is 10.0 Å². The Morgan fingerprint density at radius 3 is 2.57 bits per heavy atom. The van der Waals surface area contributed by atoms with Crippen molar-refractivity contribution < 1.29 is 26.3 Å². The minimum absolute atomic E-state index is 0.0134. The van der Waals surface area contributed by atoms with E-state index in [0.29, 0.717) is 27.9 Å². The fraction of sp³-hybridized carbons (Fsp3) is 0.417. The standard InChI is InChI=1S/C24H25F3N4O3S/c1-15(12-25)30-35(32,33)18-8-10-21(29-14-18)23-20(13-28)19-9-7-17(34-24(26)27)11-22(19)31(23)16-5-3-2-4-6-16/h7-11,14-16,24,30H,2-6,12H2,1H3/t15-/m1/s1. The number of ether oxygens (including phenoxy) is 1. The van der Waals surface area contributed by atoms with E-state index in [1.807, 2.05) is 4.57 Å². The number of halogens is 3. The minimum Gasteiger partial charge on any atom is -0.435 e. The lowest BCUT2D eigenvalue weighted by Gasteiger charge is -2.26. The van der Waals surface area contributed by atoms with E-state index in [9.17, 15) is 26.9 Å². The van der Waals surface area contributed by atoms with Crippen molar-refractivity contribution in [1.82, 2.24) is 14.3 Å². The molecular formula is C24H25F3N4O3S. The predicted molar refractivity (Wildman–Crippen MR) is 124 cm³/mol. The van der Waals surface area contributed by atoms with Crippen molar-refractivity contribution >= 4 is 20.9 Å². The first-order valence-corrected chi connectivity index (χ1v) is 12.8. The molecule has 2 aromatic heterocycles. The summed E-state index contributed by atoms with van der Waals surface area (Å²) < 4.78 is 72.3. The molecule has 35 heavy (non-hydrogen) atoms. The molecule has 3 aromatic rings. The van der Waals surface area contributed by atoms with Crippen LogP contribution in [0, 0.1) is 11.3 Å². The highest BCUT2D eigenvalue weighted by Gasteiger charge is 2.27. The van der Waals surface area contributed by atoms with Crippen molar-refractivity contribution in [3.05, 3.63) is 42.1 Å². The molecule has 1 fully saturated rings. The first kappa shape index (κ1) is 25.0. The van der Waals surface area contributed by atoms with Gasteiger partial charge in [0.25, 0.3) is 0 Å². The lowest BCUT2D eigenvalue weighted by molar-refractivity contribution is -0.0497. The van der Waals surface area contributed by atoms with E-state index in [4.69, 9.17) is 0 Å². The van der Waals surface area contributed by atoms with Crippen LogP contribution >= 0.6 is 0 Å². The van der Waals surface area contributed by atoms with Gasteiger partial charge >= 0.3 is 6.61 Å². The van der Waals surface area contributed by atoms with E-state index < -0.39 is 29.4 Å². The number of fused-ring (bicyclic) bond motifs is 1. The zero-order valence-electron chi connectivity index (χ0n) is 19.0. The number of hydrogen-bond donors (Lipinski definition) is 1. The lowest BCUT2D eigenvalue weighted by atomic mass is 9.95. The minimum atomic E-state index is -3.97. The number of alkyl halides is 3. The molecule has 1 atom stereocenters. The molecule has 1 aliphatic carbocycles. The predicted octanol–water partition coefficient (Wildman–Crippen LogP) is 5.32. The normalized spacial score (nSPS) is 15.9. The van der Waals surface area contributed by atoms with Gasteiger partial charge in [0, 0.05) is 29.7 Å². The van der Waals surface area contributed by atoms with Gasteiger partial charge in [-0.3, -0.25) is 4.98 Å². The fourth-order valence-electron chi connectivity index (χ4n) is 4.59. The molecule has 0 bridgehead atoms. The maximum absolute atomic E-state index is 12.9. The van der Waals surface area contributed by atoms with Gasteiger partial charge in [-0.15, -0.1) is 0 Å². The van der Waals surface area contributed by atoms with Crippen LogP contribution in [0.5, 0.6) is 5.75 Å². The molecule has 186 valence electrons. The second-order valence-corrected chi connectivity index (χ2v) is 10.3. The Morgan fingerprint density at radius 1 is 1.23 bits per heavy atom. The van der Waals surface area contributed by atoms with Crippen molar-refractivity contribution in [2.24, 2.45) is 0 Å². The zero-order valence-corrected chi connectivity index (χ0v) is 19.9. The summed E-state index contributed by atoms with van der Waals surface area (Å²) >= 11 is 0. The van der Waals surface area contributed by atoms with Crippen molar-refractivity contribution in [3.63, 3.8) is 0 Å². The van der Waals surface area contributed by atoms with E-state index in [2.05, 4.69) is 20.5 Å². The summed E-state index contributed by atoms with van der Waals surface area (Å²) in [6, 6.07) is 8.67. The summed E-state index contributed by atoms with van der Waals surface area (Å²) in [5.74, 6) is -0.0134. The van der Waals surface area contributed by atoms with Crippen molar-refractivity contribution in [1.29, 1.82) is 5.26 Å². The van der Waals surface area contributed by atoms with Gasteiger partial charge in [0.15, 0.2) is 0 Å². The van der Waals surface area contributed by atoms with Crippen LogP contribution in [0.25, 0.3) is 22.3 Å². The Morgan fingerprint density at radius 2 is 1.97 bits per heavy atom. The van der Waals surface area contributed by atoms with Crippen molar-refractivity contribution in [2.45, 2.75) is 62.6 Å². The van der Waals surface area contributed by atoms with Crippen LogP contribution in [0.3, 0.4) is 0 Å². The highest BCUT2D eigenvalue weighted by atomic mass is 32.2. The fourth-order valence-corrected chi connectivity index (χ4v) is 5.76. The molecule has 0 spiro atoms. The zero-order chi connectivity index (χ0) is 25.2. The van der Waals surface area contributed by atoms with E-state index in [0.717, 1.165) is 38.3 Å². The van der Waals surface area contributed by atoms with Crippen LogP contribution < -0.4 is 9.46 Å². The Hall–Kier alpha value is -3.10. The largest absolute Gasteiger partial charge is 0.435 e. The number of hydrogen-bond acceptors (Lipinski definition) is 5.